The van der Waals surface area contributed by atoms with E-state index in [0.717, 1.165) is 12.8 Å². The maximum atomic E-state index is 6.93. The molecule has 0 aliphatic heterocycles. The highest BCUT2D eigenvalue weighted by atomic mass is 35.6. The van der Waals surface area contributed by atoms with Crippen LogP contribution in [0.4, 0.5) is 0 Å². The second kappa shape index (κ2) is 4.40. The third-order valence-electron chi connectivity index (χ3n) is 4.02. The normalized spacial score (nSPS) is 14.2. The van der Waals surface area contributed by atoms with E-state index in [1.165, 1.54) is 0 Å². The highest BCUT2D eigenvalue weighted by Gasteiger charge is 2.52. The Morgan fingerprint density at radius 2 is 1.36 bits per heavy atom. The molecule has 0 fully saturated rings. The van der Waals surface area contributed by atoms with Gasteiger partial charge in [0, 0.05) is 0 Å². The van der Waals surface area contributed by atoms with Crippen molar-refractivity contribution in [2.45, 2.75) is 64.5 Å². The van der Waals surface area contributed by atoms with Gasteiger partial charge in [-0.3, -0.25) is 0 Å². The molecule has 0 nitrogen and oxygen atoms in total. The summed E-state index contributed by atoms with van der Waals surface area (Å²) in [5, 5.41) is 0.436. The van der Waals surface area contributed by atoms with E-state index in [1.54, 1.807) is 0 Å². The van der Waals surface area contributed by atoms with Gasteiger partial charge in [0.1, 0.15) is 0 Å². The summed E-state index contributed by atoms with van der Waals surface area (Å²) in [4.78, 5) is 0. The molecule has 0 bridgehead atoms. The third kappa shape index (κ3) is 2.09. The van der Waals surface area contributed by atoms with Crippen molar-refractivity contribution >= 4 is 18.5 Å². The Hall–Kier alpha value is 0.247. The molecule has 0 aliphatic rings. The first-order valence-electron chi connectivity index (χ1n) is 5.51. The van der Waals surface area contributed by atoms with E-state index in [0.29, 0.717) is 0 Å². The number of hydrogen-bond donors (Lipinski definition) is 0. The molecule has 0 spiro atoms. The molecule has 0 saturated heterocycles. The van der Waals surface area contributed by atoms with Crippen molar-refractivity contribution in [3.8, 4) is 0 Å². The number of halogens is 1. The topological polar surface area (TPSA) is 0 Å². The van der Waals surface area contributed by atoms with Gasteiger partial charge in [0.25, 0.3) is 0 Å². The molecule has 0 heterocycles. The second-order valence-corrected chi connectivity index (χ2v) is 11.7. The van der Waals surface area contributed by atoms with Gasteiger partial charge in [-0.05, 0) is 10.1 Å². The van der Waals surface area contributed by atoms with Crippen molar-refractivity contribution in [1.29, 1.82) is 0 Å². The van der Waals surface area contributed by atoms with E-state index < -0.39 is 7.38 Å². The third-order valence-corrected chi connectivity index (χ3v) is 12.8. The predicted molar refractivity (Wildman–Crippen MR) is 70.5 cm³/mol. The lowest BCUT2D eigenvalue weighted by atomic mass is 10.1. The summed E-state index contributed by atoms with van der Waals surface area (Å²) in [7, 11) is -1.94. The maximum absolute atomic E-state index is 6.93. The van der Waals surface area contributed by atoms with Crippen LogP contribution in [0.2, 0.25) is 10.1 Å². The molecule has 0 rings (SSSR count). The fraction of sp³-hybridized carbons (Fsp3) is 0.833. The van der Waals surface area contributed by atoms with Gasteiger partial charge in [-0.1, -0.05) is 60.1 Å². The molecule has 0 saturated carbocycles. The Morgan fingerprint density at radius 3 is 1.50 bits per heavy atom. The van der Waals surface area contributed by atoms with Gasteiger partial charge in [-0.15, -0.1) is 6.58 Å². The smallest absolute Gasteiger partial charge is 0.160 e. The molecule has 84 valence electrons. The standard InChI is InChI=1S/C12H25ClSi/c1-8-11(4,5)14(13,10-3)12(6,7)9-2/h10H,3,8-9H2,1-2,4-7H3. The van der Waals surface area contributed by atoms with Crippen LogP contribution in [0.15, 0.2) is 12.3 Å². The average molecular weight is 233 g/mol. The Labute approximate surface area is 95.5 Å². The van der Waals surface area contributed by atoms with E-state index in [2.05, 4.69) is 53.8 Å². The molecular weight excluding hydrogens is 208 g/mol. The lowest BCUT2D eigenvalue weighted by Crippen LogP contribution is -2.47. The molecule has 0 aromatic heterocycles. The van der Waals surface area contributed by atoms with Crippen LogP contribution in [-0.4, -0.2) is 7.38 Å². The van der Waals surface area contributed by atoms with Crippen LogP contribution < -0.4 is 0 Å². The summed E-state index contributed by atoms with van der Waals surface area (Å²) >= 11 is 6.93. The summed E-state index contributed by atoms with van der Waals surface area (Å²) in [6, 6.07) is 0. The van der Waals surface area contributed by atoms with Crippen molar-refractivity contribution in [2.24, 2.45) is 0 Å². The van der Waals surface area contributed by atoms with Crippen molar-refractivity contribution < 1.29 is 0 Å². The van der Waals surface area contributed by atoms with Crippen LogP contribution in [0.5, 0.6) is 0 Å². The zero-order valence-electron chi connectivity index (χ0n) is 10.6. The van der Waals surface area contributed by atoms with Crippen molar-refractivity contribution in [2.75, 3.05) is 0 Å². The lowest BCUT2D eigenvalue weighted by Gasteiger charge is -2.47. The highest BCUT2D eigenvalue weighted by Crippen LogP contribution is 2.57. The van der Waals surface area contributed by atoms with Crippen molar-refractivity contribution in [3.05, 3.63) is 12.3 Å². The zero-order valence-corrected chi connectivity index (χ0v) is 12.3. The minimum Gasteiger partial charge on any atom is -0.160 e. The van der Waals surface area contributed by atoms with Crippen LogP contribution in [0, 0.1) is 0 Å². The largest absolute Gasteiger partial charge is 0.190 e. The maximum Gasteiger partial charge on any atom is 0.190 e. The summed E-state index contributed by atoms with van der Waals surface area (Å²) in [6.45, 7) is 17.6. The summed E-state index contributed by atoms with van der Waals surface area (Å²) < 4.78 is 0. The van der Waals surface area contributed by atoms with Gasteiger partial charge >= 0.3 is 0 Å². The van der Waals surface area contributed by atoms with Crippen LogP contribution in [0.3, 0.4) is 0 Å². The van der Waals surface area contributed by atoms with Crippen molar-refractivity contribution in [1.82, 2.24) is 0 Å². The lowest BCUT2D eigenvalue weighted by molar-refractivity contribution is 0.549. The first kappa shape index (κ1) is 14.2. The average Bonchev–Trinajstić information content (AvgIpc) is 2.15. The molecule has 0 aromatic carbocycles. The minimum absolute atomic E-state index is 0.218. The Bertz CT molecular complexity index is 190. The van der Waals surface area contributed by atoms with Crippen LogP contribution in [0.25, 0.3) is 0 Å². The van der Waals surface area contributed by atoms with Gasteiger partial charge in [0.2, 0.25) is 0 Å². The molecule has 0 radical (unpaired) electrons. The minimum atomic E-state index is -1.94. The Morgan fingerprint density at radius 1 is 1.07 bits per heavy atom. The predicted octanol–water partition coefficient (Wildman–Crippen LogP) is 5.28. The van der Waals surface area contributed by atoms with Gasteiger partial charge in [0.05, 0.1) is 0 Å². The van der Waals surface area contributed by atoms with E-state index >= 15 is 0 Å². The fourth-order valence-corrected chi connectivity index (χ4v) is 6.75. The SMILES string of the molecule is C=C[Si](Cl)(C(C)(C)CC)C(C)(C)CC. The molecule has 2 heteroatoms. The van der Waals surface area contributed by atoms with Gasteiger partial charge < -0.3 is 0 Å². The van der Waals surface area contributed by atoms with Crippen LogP contribution in [-0.2, 0) is 0 Å². The molecule has 14 heavy (non-hydrogen) atoms. The number of rotatable bonds is 5. The molecule has 0 atom stereocenters. The van der Waals surface area contributed by atoms with Crippen molar-refractivity contribution in [3.63, 3.8) is 0 Å². The molecular formula is C12H25ClSi. The quantitative estimate of drug-likeness (QED) is 0.447. The zero-order chi connectivity index (χ0) is 11.6. The van der Waals surface area contributed by atoms with Crippen LogP contribution in [0.1, 0.15) is 54.4 Å². The first-order valence-corrected chi connectivity index (χ1v) is 8.60. The molecule has 0 unspecified atom stereocenters. The molecule has 0 N–H and O–H groups in total. The van der Waals surface area contributed by atoms with Gasteiger partial charge in [-0.2, -0.15) is 11.1 Å². The Kier molecular flexibility index (Phi) is 4.48. The fourth-order valence-electron chi connectivity index (χ4n) is 1.98. The van der Waals surface area contributed by atoms with Gasteiger partial charge in [-0.25, -0.2) is 0 Å². The second-order valence-electron chi connectivity index (χ2n) is 5.39. The molecule has 0 amide bonds. The summed E-state index contributed by atoms with van der Waals surface area (Å²) in [5.41, 5.74) is 2.07. The molecule has 0 aliphatic carbocycles. The van der Waals surface area contributed by atoms with E-state index in [1.807, 2.05) is 0 Å². The molecule has 0 aromatic rings. The number of hydrogen-bond acceptors (Lipinski definition) is 0. The van der Waals surface area contributed by atoms with E-state index in [-0.39, 0.29) is 10.1 Å². The summed E-state index contributed by atoms with van der Waals surface area (Å²) in [6.07, 6.45) is 2.25. The van der Waals surface area contributed by atoms with Gasteiger partial charge in [0.15, 0.2) is 7.38 Å². The first-order chi connectivity index (χ1) is 6.18. The van der Waals surface area contributed by atoms with E-state index in [9.17, 15) is 0 Å². The Balaban J connectivity index is 5.28. The highest BCUT2D eigenvalue weighted by molar-refractivity contribution is 7.26. The monoisotopic (exact) mass is 232 g/mol. The van der Waals surface area contributed by atoms with E-state index in [4.69, 9.17) is 11.1 Å². The summed E-state index contributed by atoms with van der Waals surface area (Å²) in [5.74, 6) is 0. The van der Waals surface area contributed by atoms with Crippen LogP contribution >= 0.6 is 11.1 Å².